The zero-order chi connectivity index (χ0) is 14.5. The monoisotopic (exact) mass is 275 g/mol. The van der Waals surface area contributed by atoms with Gasteiger partial charge in [0.2, 0.25) is 0 Å². The lowest BCUT2D eigenvalue weighted by Gasteiger charge is -2.19. The summed E-state index contributed by atoms with van der Waals surface area (Å²) in [6.07, 6.45) is 1.65. The highest BCUT2D eigenvalue weighted by Crippen LogP contribution is 2.23. The number of furan rings is 1. The minimum atomic E-state index is -0.473. The predicted molar refractivity (Wildman–Crippen MR) is 76.0 cm³/mol. The maximum atomic E-state index is 10.7. The molecule has 0 bridgehead atoms. The first-order valence-corrected chi connectivity index (χ1v) is 6.37. The highest BCUT2D eigenvalue weighted by Gasteiger charge is 2.13. The molecule has 1 aromatic carbocycles. The fraction of sp³-hybridized carbons (Fsp3) is 0.286. The summed E-state index contributed by atoms with van der Waals surface area (Å²) in [6, 6.07) is 8.62. The first-order valence-electron chi connectivity index (χ1n) is 6.37. The normalized spacial score (nSPS) is 10.9. The molecule has 0 amide bonds. The molecule has 0 saturated carbocycles. The van der Waals surface area contributed by atoms with E-state index in [4.69, 9.17) is 10.2 Å². The first kappa shape index (κ1) is 14.1. The summed E-state index contributed by atoms with van der Waals surface area (Å²) >= 11 is 0. The molecule has 0 saturated heterocycles. The number of hydrogen-bond acceptors (Lipinski definition) is 5. The molecule has 2 aromatic rings. The maximum Gasteiger partial charge on any atom is 0.292 e. The average Bonchev–Trinajstić information content (AvgIpc) is 2.90. The van der Waals surface area contributed by atoms with Crippen LogP contribution in [0.1, 0.15) is 18.2 Å². The van der Waals surface area contributed by atoms with Crippen molar-refractivity contribution in [1.29, 1.82) is 0 Å². The van der Waals surface area contributed by atoms with Gasteiger partial charge in [-0.25, -0.2) is 0 Å². The Bertz CT molecular complexity index is 581. The molecule has 1 heterocycles. The molecule has 0 aliphatic carbocycles. The number of rotatable bonds is 6. The lowest BCUT2D eigenvalue weighted by molar-refractivity contribution is -0.383. The van der Waals surface area contributed by atoms with E-state index in [9.17, 15) is 10.1 Å². The molecule has 2 rings (SSSR count). The van der Waals surface area contributed by atoms with E-state index in [1.807, 2.05) is 12.1 Å². The summed E-state index contributed by atoms with van der Waals surface area (Å²) in [6.45, 7) is 4.26. The SMILES string of the molecule is CCN(Cc1ccc([N+](=O)[O-])c(N)c1)Cc1ccco1. The minimum absolute atomic E-state index is 0.0529. The van der Waals surface area contributed by atoms with Crippen molar-refractivity contribution in [3.05, 3.63) is 58.0 Å². The summed E-state index contributed by atoms with van der Waals surface area (Å²) in [5.74, 6) is 0.890. The van der Waals surface area contributed by atoms with Crippen molar-refractivity contribution in [3.8, 4) is 0 Å². The summed E-state index contributed by atoms with van der Waals surface area (Å²) in [7, 11) is 0. The number of hydrogen-bond donors (Lipinski definition) is 1. The number of anilines is 1. The van der Waals surface area contributed by atoms with Crippen LogP contribution in [0.3, 0.4) is 0 Å². The Labute approximate surface area is 116 Å². The quantitative estimate of drug-likeness (QED) is 0.497. The van der Waals surface area contributed by atoms with E-state index in [0.717, 1.165) is 17.9 Å². The van der Waals surface area contributed by atoms with Gasteiger partial charge in [0.05, 0.1) is 17.7 Å². The van der Waals surface area contributed by atoms with Crippen LogP contribution in [0.15, 0.2) is 41.0 Å². The molecule has 6 heteroatoms. The number of nitro benzene ring substituents is 1. The third-order valence-corrected chi connectivity index (χ3v) is 3.10. The van der Waals surface area contributed by atoms with Gasteiger partial charge in [-0.3, -0.25) is 15.0 Å². The molecule has 1 aromatic heterocycles. The van der Waals surface area contributed by atoms with Crippen molar-refractivity contribution in [2.75, 3.05) is 12.3 Å². The molecule has 106 valence electrons. The van der Waals surface area contributed by atoms with Crippen molar-refractivity contribution < 1.29 is 9.34 Å². The fourth-order valence-corrected chi connectivity index (χ4v) is 2.03. The Balaban J connectivity index is 2.07. The summed E-state index contributed by atoms with van der Waals surface area (Å²) in [5, 5.41) is 10.7. The molecule has 6 nitrogen and oxygen atoms in total. The third kappa shape index (κ3) is 3.36. The average molecular weight is 275 g/mol. The van der Waals surface area contributed by atoms with Crippen LogP contribution in [0.5, 0.6) is 0 Å². The van der Waals surface area contributed by atoms with E-state index in [1.54, 1.807) is 18.4 Å². The van der Waals surface area contributed by atoms with Gasteiger partial charge >= 0.3 is 0 Å². The van der Waals surface area contributed by atoms with Gasteiger partial charge in [0, 0.05) is 12.6 Å². The summed E-state index contributed by atoms with van der Waals surface area (Å²) in [4.78, 5) is 12.4. The van der Waals surface area contributed by atoms with E-state index in [1.165, 1.54) is 6.07 Å². The Morgan fingerprint density at radius 2 is 2.15 bits per heavy atom. The van der Waals surface area contributed by atoms with Crippen molar-refractivity contribution >= 4 is 11.4 Å². The number of benzene rings is 1. The fourth-order valence-electron chi connectivity index (χ4n) is 2.03. The van der Waals surface area contributed by atoms with Crippen LogP contribution in [-0.4, -0.2) is 16.4 Å². The number of nitrogens with zero attached hydrogens (tertiary/aromatic N) is 2. The maximum absolute atomic E-state index is 10.7. The zero-order valence-electron chi connectivity index (χ0n) is 11.3. The smallest absolute Gasteiger partial charge is 0.292 e. The second kappa shape index (κ2) is 6.21. The highest BCUT2D eigenvalue weighted by molar-refractivity contribution is 5.59. The van der Waals surface area contributed by atoms with E-state index in [2.05, 4.69) is 11.8 Å². The standard InChI is InChI=1S/C14H17N3O3/c1-2-16(10-12-4-3-7-20-12)9-11-5-6-14(17(18)19)13(15)8-11/h3-8H,2,9-10,15H2,1H3. The van der Waals surface area contributed by atoms with Gasteiger partial charge in [0.15, 0.2) is 0 Å². The number of nitrogen functional groups attached to an aromatic ring is 1. The lowest BCUT2D eigenvalue weighted by Crippen LogP contribution is -2.22. The van der Waals surface area contributed by atoms with Crippen LogP contribution in [0, 0.1) is 10.1 Å². The van der Waals surface area contributed by atoms with Crippen LogP contribution >= 0.6 is 0 Å². The van der Waals surface area contributed by atoms with Crippen molar-refractivity contribution in [2.24, 2.45) is 0 Å². The van der Waals surface area contributed by atoms with E-state index < -0.39 is 4.92 Å². The predicted octanol–water partition coefficient (Wildman–Crippen LogP) is 2.79. The van der Waals surface area contributed by atoms with Crippen LogP contribution < -0.4 is 5.73 Å². The van der Waals surface area contributed by atoms with Crippen molar-refractivity contribution in [2.45, 2.75) is 20.0 Å². The van der Waals surface area contributed by atoms with Crippen LogP contribution in [-0.2, 0) is 13.1 Å². The molecule has 2 N–H and O–H groups in total. The first-order chi connectivity index (χ1) is 9.60. The largest absolute Gasteiger partial charge is 0.468 e. The number of nitro groups is 1. The molecule has 0 unspecified atom stereocenters. The molecule has 0 atom stereocenters. The van der Waals surface area contributed by atoms with Gasteiger partial charge < -0.3 is 10.2 Å². The second-order valence-electron chi connectivity index (χ2n) is 4.53. The summed E-state index contributed by atoms with van der Waals surface area (Å²) in [5.41, 5.74) is 6.79. The topological polar surface area (TPSA) is 85.5 Å². The zero-order valence-corrected chi connectivity index (χ0v) is 11.3. The van der Waals surface area contributed by atoms with E-state index in [-0.39, 0.29) is 11.4 Å². The van der Waals surface area contributed by atoms with Gasteiger partial charge in [-0.2, -0.15) is 0 Å². The van der Waals surface area contributed by atoms with Crippen molar-refractivity contribution in [3.63, 3.8) is 0 Å². The molecular weight excluding hydrogens is 258 g/mol. The molecule has 0 fully saturated rings. The lowest BCUT2D eigenvalue weighted by atomic mass is 10.1. The van der Waals surface area contributed by atoms with Gasteiger partial charge in [-0.15, -0.1) is 0 Å². The Morgan fingerprint density at radius 3 is 2.70 bits per heavy atom. The van der Waals surface area contributed by atoms with Gasteiger partial charge in [-0.05, 0) is 30.3 Å². The van der Waals surface area contributed by atoms with Gasteiger partial charge in [-0.1, -0.05) is 13.0 Å². The molecule has 0 radical (unpaired) electrons. The van der Waals surface area contributed by atoms with Crippen molar-refractivity contribution in [1.82, 2.24) is 4.90 Å². The Kier molecular flexibility index (Phi) is 4.37. The molecule has 20 heavy (non-hydrogen) atoms. The molecular formula is C14H17N3O3. The van der Waals surface area contributed by atoms with Gasteiger partial charge in [0.25, 0.3) is 5.69 Å². The van der Waals surface area contributed by atoms with Gasteiger partial charge in [0.1, 0.15) is 11.4 Å². The van der Waals surface area contributed by atoms with Crippen LogP contribution in [0.2, 0.25) is 0 Å². The van der Waals surface area contributed by atoms with E-state index in [0.29, 0.717) is 13.1 Å². The Hall–Kier alpha value is -2.34. The Morgan fingerprint density at radius 1 is 1.35 bits per heavy atom. The van der Waals surface area contributed by atoms with Crippen LogP contribution in [0.4, 0.5) is 11.4 Å². The molecule has 0 aliphatic rings. The molecule has 0 spiro atoms. The highest BCUT2D eigenvalue weighted by atomic mass is 16.6. The second-order valence-corrected chi connectivity index (χ2v) is 4.53. The minimum Gasteiger partial charge on any atom is -0.468 e. The third-order valence-electron chi connectivity index (χ3n) is 3.10. The number of nitrogens with two attached hydrogens (primary N) is 1. The van der Waals surface area contributed by atoms with Crippen LogP contribution in [0.25, 0.3) is 0 Å². The summed E-state index contributed by atoms with van der Waals surface area (Å²) < 4.78 is 5.32. The molecule has 0 aliphatic heterocycles. The van der Waals surface area contributed by atoms with E-state index >= 15 is 0 Å².